The van der Waals surface area contributed by atoms with Gasteiger partial charge in [0, 0.05) is 17.2 Å². The Morgan fingerprint density at radius 2 is 2.29 bits per heavy atom. The zero-order valence-electron chi connectivity index (χ0n) is 9.10. The number of nitrogens with zero attached hydrogens (tertiary/aromatic N) is 1. The summed E-state index contributed by atoms with van der Waals surface area (Å²) in [5.74, 6) is -0.0205. The average molecular weight is 290 g/mol. The van der Waals surface area contributed by atoms with Crippen molar-refractivity contribution in [2.75, 3.05) is 5.73 Å². The molecule has 2 aromatic heterocycles. The number of thiophene rings is 1. The van der Waals surface area contributed by atoms with Crippen LogP contribution in [-0.4, -0.2) is 10.9 Å². The molecule has 0 aliphatic carbocycles. The van der Waals surface area contributed by atoms with Gasteiger partial charge in [-0.3, -0.25) is 4.79 Å². The van der Waals surface area contributed by atoms with Crippen LogP contribution in [0.25, 0.3) is 10.6 Å². The maximum absolute atomic E-state index is 10.8. The lowest BCUT2D eigenvalue weighted by Gasteiger charge is -1.96. The topological polar surface area (TPSA) is 68.0 Å². The predicted octanol–water partition coefficient (Wildman–Crippen LogP) is 2.51. The first-order chi connectivity index (χ1) is 7.65. The number of amides is 1. The number of aromatic nitrogens is 1. The van der Waals surface area contributed by atoms with Gasteiger partial charge in [0.1, 0.15) is 0 Å². The van der Waals surface area contributed by atoms with Crippen molar-refractivity contribution < 1.29 is 4.79 Å². The van der Waals surface area contributed by atoms with Crippen molar-refractivity contribution in [3.8, 4) is 10.6 Å². The standard InChI is InChI=1S/C10H11N3OS2.ClH/c1-6(14)12-4-7-2-3-9(16-7)8-5-15-10(11)13-8;/h2-3,5H,4H2,1H3,(H2,11,13)(H,12,14);1H. The molecule has 0 fully saturated rings. The van der Waals surface area contributed by atoms with Crippen molar-refractivity contribution in [1.82, 2.24) is 10.3 Å². The number of anilines is 1. The maximum atomic E-state index is 10.8. The Morgan fingerprint density at radius 3 is 2.88 bits per heavy atom. The first kappa shape index (κ1) is 14.0. The Labute approximate surface area is 113 Å². The third-order valence-electron chi connectivity index (χ3n) is 1.95. The minimum atomic E-state index is -0.0205. The molecule has 0 aromatic carbocycles. The van der Waals surface area contributed by atoms with Crippen LogP contribution in [0, 0.1) is 0 Å². The maximum Gasteiger partial charge on any atom is 0.217 e. The summed E-state index contributed by atoms with van der Waals surface area (Å²) < 4.78 is 0. The zero-order valence-corrected chi connectivity index (χ0v) is 11.5. The van der Waals surface area contributed by atoms with Gasteiger partial charge in [-0.1, -0.05) is 0 Å². The third-order valence-corrected chi connectivity index (χ3v) is 3.73. The van der Waals surface area contributed by atoms with Gasteiger partial charge in [0.2, 0.25) is 5.91 Å². The zero-order chi connectivity index (χ0) is 11.5. The number of rotatable bonds is 3. The Balaban J connectivity index is 0.00000144. The van der Waals surface area contributed by atoms with Crippen LogP contribution in [-0.2, 0) is 11.3 Å². The second kappa shape index (κ2) is 6.00. The van der Waals surface area contributed by atoms with Gasteiger partial charge in [0.25, 0.3) is 0 Å². The summed E-state index contributed by atoms with van der Waals surface area (Å²) in [6.45, 7) is 2.08. The molecule has 3 N–H and O–H groups in total. The van der Waals surface area contributed by atoms with Crippen molar-refractivity contribution >= 4 is 46.1 Å². The third kappa shape index (κ3) is 3.69. The molecule has 0 radical (unpaired) electrons. The van der Waals surface area contributed by atoms with Gasteiger partial charge in [-0.05, 0) is 12.1 Å². The van der Waals surface area contributed by atoms with E-state index in [1.54, 1.807) is 11.3 Å². The molecule has 0 atom stereocenters. The average Bonchev–Trinajstić information content (AvgIpc) is 2.83. The van der Waals surface area contributed by atoms with Crippen LogP contribution in [0.15, 0.2) is 17.5 Å². The van der Waals surface area contributed by atoms with Crippen LogP contribution >= 0.6 is 35.1 Å². The molecule has 0 spiro atoms. The second-order valence-electron chi connectivity index (χ2n) is 3.25. The van der Waals surface area contributed by atoms with Gasteiger partial charge >= 0.3 is 0 Å². The number of carbonyl (C=O) groups excluding carboxylic acids is 1. The van der Waals surface area contributed by atoms with E-state index in [0.29, 0.717) is 11.7 Å². The van der Waals surface area contributed by atoms with Crippen LogP contribution in [0.2, 0.25) is 0 Å². The molecule has 7 heteroatoms. The number of nitrogen functional groups attached to an aromatic ring is 1. The van der Waals surface area contributed by atoms with Crippen LogP contribution in [0.1, 0.15) is 11.8 Å². The molecule has 2 aromatic rings. The Kier molecular flexibility index (Phi) is 4.92. The number of carbonyl (C=O) groups is 1. The van der Waals surface area contributed by atoms with Gasteiger partial charge in [-0.25, -0.2) is 4.98 Å². The minimum Gasteiger partial charge on any atom is -0.375 e. The molecule has 0 aliphatic rings. The highest BCUT2D eigenvalue weighted by Crippen LogP contribution is 2.29. The lowest BCUT2D eigenvalue weighted by atomic mass is 10.3. The summed E-state index contributed by atoms with van der Waals surface area (Å²) in [6, 6.07) is 3.99. The number of hydrogen-bond donors (Lipinski definition) is 2. The molecular weight excluding hydrogens is 278 g/mol. The highest BCUT2D eigenvalue weighted by atomic mass is 35.5. The highest BCUT2D eigenvalue weighted by molar-refractivity contribution is 7.16. The fourth-order valence-corrected chi connectivity index (χ4v) is 2.77. The van der Waals surface area contributed by atoms with E-state index in [0.717, 1.165) is 15.4 Å². The molecule has 92 valence electrons. The highest BCUT2D eigenvalue weighted by Gasteiger charge is 2.06. The summed E-state index contributed by atoms with van der Waals surface area (Å²) in [7, 11) is 0. The largest absolute Gasteiger partial charge is 0.375 e. The fourth-order valence-electron chi connectivity index (χ4n) is 1.22. The van der Waals surface area contributed by atoms with Gasteiger partial charge in [0.15, 0.2) is 5.13 Å². The van der Waals surface area contributed by atoms with Gasteiger partial charge in [-0.2, -0.15) is 0 Å². The molecule has 0 saturated heterocycles. The normalized spacial score (nSPS) is 9.71. The summed E-state index contributed by atoms with van der Waals surface area (Å²) >= 11 is 3.05. The summed E-state index contributed by atoms with van der Waals surface area (Å²) in [6.07, 6.45) is 0. The number of halogens is 1. The van der Waals surface area contributed by atoms with Crippen molar-refractivity contribution in [2.45, 2.75) is 13.5 Å². The molecular formula is C10H12ClN3OS2. The molecule has 2 heterocycles. The Bertz CT molecular complexity index is 509. The predicted molar refractivity (Wildman–Crippen MR) is 74.6 cm³/mol. The summed E-state index contributed by atoms with van der Waals surface area (Å²) in [5.41, 5.74) is 6.48. The molecule has 1 amide bonds. The molecule has 0 aliphatic heterocycles. The van der Waals surface area contributed by atoms with Gasteiger partial charge < -0.3 is 11.1 Å². The monoisotopic (exact) mass is 289 g/mol. The summed E-state index contributed by atoms with van der Waals surface area (Å²) in [5, 5.41) is 5.27. The molecule has 0 unspecified atom stereocenters. The number of nitrogens with one attached hydrogen (secondary N) is 1. The van der Waals surface area contributed by atoms with E-state index in [9.17, 15) is 4.79 Å². The quantitative estimate of drug-likeness (QED) is 0.912. The first-order valence-electron chi connectivity index (χ1n) is 4.69. The molecule has 0 saturated carbocycles. The summed E-state index contributed by atoms with van der Waals surface area (Å²) in [4.78, 5) is 17.2. The van der Waals surface area contributed by atoms with E-state index in [1.807, 2.05) is 17.5 Å². The van der Waals surface area contributed by atoms with E-state index in [1.165, 1.54) is 18.3 Å². The fraction of sp³-hybridized carbons (Fsp3) is 0.200. The van der Waals surface area contributed by atoms with E-state index in [4.69, 9.17) is 5.73 Å². The van der Waals surface area contributed by atoms with Crippen LogP contribution in [0.4, 0.5) is 5.13 Å². The Hall–Kier alpha value is -1.11. The number of thiazole rings is 1. The smallest absolute Gasteiger partial charge is 0.217 e. The van der Waals surface area contributed by atoms with Crippen molar-refractivity contribution in [3.63, 3.8) is 0 Å². The lowest BCUT2D eigenvalue weighted by molar-refractivity contribution is -0.119. The van der Waals surface area contributed by atoms with Gasteiger partial charge in [-0.15, -0.1) is 35.1 Å². The number of hydrogen-bond acceptors (Lipinski definition) is 5. The molecule has 0 bridgehead atoms. The van der Waals surface area contributed by atoms with Crippen LogP contribution in [0.3, 0.4) is 0 Å². The van der Waals surface area contributed by atoms with E-state index >= 15 is 0 Å². The van der Waals surface area contributed by atoms with Gasteiger partial charge in [0.05, 0.1) is 17.1 Å². The van der Waals surface area contributed by atoms with Crippen molar-refractivity contribution in [1.29, 1.82) is 0 Å². The molecule has 17 heavy (non-hydrogen) atoms. The Morgan fingerprint density at radius 1 is 1.53 bits per heavy atom. The van der Waals surface area contributed by atoms with Crippen molar-refractivity contribution in [3.05, 3.63) is 22.4 Å². The van der Waals surface area contributed by atoms with Crippen LogP contribution in [0.5, 0.6) is 0 Å². The SMILES string of the molecule is CC(=O)NCc1ccc(-c2csc(N)n2)s1.Cl. The first-order valence-corrected chi connectivity index (χ1v) is 6.39. The molecule has 4 nitrogen and oxygen atoms in total. The van der Waals surface area contributed by atoms with Crippen LogP contribution < -0.4 is 11.1 Å². The molecule has 2 rings (SSSR count). The minimum absolute atomic E-state index is 0. The van der Waals surface area contributed by atoms with Crippen molar-refractivity contribution in [2.24, 2.45) is 0 Å². The lowest BCUT2D eigenvalue weighted by Crippen LogP contribution is -2.17. The number of nitrogens with two attached hydrogens (primary N) is 1. The second-order valence-corrected chi connectivity index (χ2v) is 5.30. The van der Waals surface area contributed by atoms with E-state index in [-0.39, 0.29) is 18.3 Å². The van der Waals surface area contributed by atoms with E-state index < -0.39 is 0 Å². The van der Waals surface area contributed by atoms with E-state index in [2.05, 4.69) is 10.3 Å².